The van der Waals surface area contributed by atoms with Crippen LogP contribution in [0.3, 0.4) is 0 Å². The van der Waals surface area contributed by atoms with Crippen LogP contribution in [0, 0.1) is 0 Å². The minimum absolute atomic E-state index is 0.260. The Balaban J connectivity index is 1.81. The first kappa shape index (κ1) is 13.9. The van der Waals surface area contributed by atoms with Gasteiger partial charge in [0, 0.05) is 28.8 Å². The van der Waals surface area contributed by atoms with E-state index in [0.717, 1.165) is 27.7 Å². The summed E-state index contributed by atoms with van der Waals surface area (Å²) < 4.78 is 2.58. The molecule has 108 valence electrons. The molecule has 0 radical (unpaired) electrons. The average molecular weight is 348 g/mol. The third kappa shape index (κ3) is 2.58. The monoisotopic (exact) mass is 347 g/mol. The number of aryl methyl sites for hydroxylation is 1. The van der Waals surface area contributed by atoms with E-state index in [9.17, 15) is 9.90 Å². The molecule has 5 nitrogen and oxygen atoms in total. The van der Waals surface area contributed by atoms with Crippen molar-refractivity contribution in [2.75, 3.05) is 0 Å². The summed E-state index contributed by atoms with van der Waals surface area (Å²) in [6, 6.07) is 7.10. The molecule has 3 rings (SSSR count). The Bertz CT molecular complexity index is 749. The van der Waals surface area contributed by atoms with Crippen LogP contribution in [0.2, 0.25) is 0 Å². The van der Waals surface area contributed by atoms with E-state index in [4.69, 9.17) is 0 Å². The fourth-order valence-electron chi connectivity index (χ4n) is 2.53. The summed E-state index contributed by atoms with van der Waals surface area (Å²) in [6.45, 7) is 0. The Morgan fingerprint density at radius 2 is 2.24 bits per heavy atom. The second kappa shape index (κ2) is 5.37. The van der Waals surface area contributed by atoms with Crippen LogP contribution in [0.5, 0.6) is 5.75 Å². The molecule has 0 aliphatic heterocycles. The number of phenolic OH excluding ortho intramolecular Hbond substituents is 1. The number of hydrazone groups is 1. The molecule has 0 atom stereocenters. The van der Waals surface area contributed by atoms with Crippen LogP contribution in [0.4, 0.5) is 0 Å². The number of carbonyl (C=O) groups is 1. The van der Waals surface area contributed by atoms with E-state index in [1.54, 1.807) is 29.8 Å². The van der Waals surface area contributed by atoms with Gasteiger partial charge in [-0.15, -0.1) is 0 Å². The van der Waals surface area contributed by atoms with Crippen molar-refractivity contribution in [2.45, 2.75) is 12.8 Å². The number of carbonyl (C=O) groups excluding carboxylic acids is 1. The largest absolute Gasteiger partial charge is 0.508 e. The SMILES string of the molecule is Cn1cc(Br)cc1C(=O)N/N=C1\CCc2c(O)cccc21. The highest BCUT2D eigenvalue weighted by molar-refractivity contribution is 9.10. The van der Waals surface area contributed by atoms with Crippen molar-refractivity contribution in [1.82, 2.24) is 9.99 Å². The minimum Gasteiger partial charge on any atom is -0.508 e. The lowest BCUT2D eigenvalue weighted by Gasteiger charge is -2.04. The number of rotatable bonds is 2. The highest BCUT2D eigenvalue weighted by atomic mass is 79.9. The maximum atomic E-state index is 12.1. The van der Waals surface area contributed by atoms with Crippen molar-refractivity contribution in [1.29, 1.82) is 0 Å². The van der Waals surface area contributed by atoms with Gasteiger partial charge in [0.1, 0.15) is 11.4 Å². The van der Waals surface area contributed by atoms with Gasteiger partial charge in [0.2, 0.25) is 0 Å². The zero-order chi connectivity index (χ0) is 15.0. The van der Waals surface area contributed by atoms with Gasteiger partial charge < -0.3 is 9.67 Å². The summed E-state index contributed by atoms with van der Waals surface area (Å²) in [4.78, 5) is 12.1. The Labute approximate surface area is 130 Å². The fourth-order valence-corrected chi connectivity index (χ4v) is 3.05. The van der Waals surface area contributed by atoms with Crippen molar-refractivity contribution in [2.24, 2.45) is 12.1 Å². The lowest BCUT2D eigenvalue weighted by molar-refractivity contribution is 0.0946. The third-order valence-corrected chi connectivity index (χ3v) is 4.00. The molecular weight excluding hydrogens is 334 g/mol. The van der Waals surface area contributed by atoms with Crippen LogP contribution in [-0.2, 0) is 13.5 Å². The highest BCUT2D eigenvalue weighted by Crippen LogP contribution is 2.29. The minimum atomic E-state index is -0.260. The second-order valence-corrected chi connectivity index (χ2v) is 5.87. The van der Waals surface area contributed by atoms with Gasteiger partial charge in [-0.05, 0) is 40.9 Å². The molecule has 0 saturated heterocycles. The first-order valence-electron chi connectivity index (χ1n) is 6.56. The van der Waals surface area contributed by atoms with E-state index >= 15 is 0 Å². The van der Waals surface area contributed by atoms with Gasteiger partial charge in [0.25, 0.3) is 5.91 Å². The molecule has 0 spiro atoms. The summed E-state index contributed by atoms with van der Waals surface area (Å²) >= 11 is 3.33. The van der Waals surface area contributed by atoms with Crippen LogP contribution in [0.25, 0.3) is 0 Å². The lowest BCUT2D eigenvalue weighted by atomic mass is 10.1. The van der Waals surface area contributed by atoms with E-state index < -0.39 is 0 Å². The smallest absolute Gasteiger partial charge is 0.288 e. The van der Waals surface area contributed by atoms with Gasteiger partial charge in [-0.3, -0.25) is 4.79 Å². The maximum absolute atomic E-state index is 12.1. The van der Waals surface area contributed by atoms with E-state index in [1.807, 2.05) is 12.3 Å². The quantitative estimate of drug-likeness (QED) is 0.820. The Kier molecular flexibility index (Phi) is 3.55. The molecule has 0 bridgehead atoms. The van der Waals surface area contributed by atoms with Crippen molar-refractivity contribution in [3.63, 3.8) is 0 Å². The van der Waals surface area contributed by atoms with Crippen LogP contribution in [0.15, 0.2) is 40.0 Å². The Morgan fingerprint density at radius 1 is 1.43 bits per heavy atom. The van der Waals surface area contributed by atoms with Crippen molar-refractivity contribution < 1.29 is 9.90 Å². The molecule has 2 N–H and O–H groups in total. The van der Waals surface area contributed by atoms with E-state index in [0.29, 0.717) is 12.1 Å². The number of halogens is 1. The predicted octanol–water partition coefficient (Wildman–Crippen LogP) is 2.57. The van der Waals surface area contributed by atoms with Gasteiger partial charge in [-0.25, -0.2) is 5.43 Å². The standard InChI is InChI=1S/C15H14BrN3O2/c1-19-8-9(16)7-13(19)15(21)18-17-12-6-5-11-10(12)3-2-4-14(11)20/h2-4,7-8,20H,5-6H2,1H3,(H,18,21)/b17-12+. The van der Waals surface area contributed by atoms with Gasteiger partial charge in [-0.2, -0.15) is 5.10 Å². The molecule has 1 heterocycles. The Morgan fingerprint density at radius 3 is 2.95 bits per heavy atom. The molecule has 1 aliphatic rings. The molecular formula is C15H14BrN3O2. The molecule has 0 saturated carbocycles. The molecule has 21 heavy (non-hydrogen) atoms. The number of hydrogen-bond acceptors (Lipinski definition) is 3. The molecule has 1 aromatic carbocycles. The van der Waals surface area contributed by atoms with Gasteiger partial charge in [0.15, 0.2) is 0 Å². The number of fused-ring (bicyclic) bond motifs is 1. The maximum Gasteiger partial charge on any atom is 0.288 e. The van der Waals surface area contributed by atoms with E-state index in [-0.39, 0.29) is 11.7 Å². The number of nitrogens with one attached hydrogen (secondary N) is 1. The molecule has 1 aromatic heterocycles. The summed E-state index contributed by atoms with van der Waals surface area (Å²) in [5.74, 6) is 0.0275. The number of aromatic hydroxyl groups is 1. The summed E-state index contributed by atoms with van der Waals surface area (Å²) in [5.41, 5.74) is 5.70. The van der Waals surface area contributed by atoms with Gasteiger partial charge >= 0.3 is 0 Å². The second-order valence-electron chi connectivity index (χ2n) is 4.96. The van der Waals surface area contributed by atoms with E-state index in [1.165, 1.54) is 0 Å². The number of benzene rings is 1. The number of phenols is 1. The normalized spacial score (nSPS) is 15.2. The van der Waals surface area contributed by atoms with Crippen molar-refractivity contribution in [3.8, 4) is 5.75 Å². The van der Waals surface area contributed by atoms with Crippen LogP contribution in [0.1, 0.15) is 28.0 Å². The summed E-state index contributed by atoms with van der Waals surface area (Å²) in [5, 5.41) is 14.0. The number of aromatic nitrogens is 1. The number of nitrogens with zero attached hydrogens (tertiary/aromatic N) is 2. The first-order valence-corrected chi connectivity index (χ1v) is 7.35. The average Bonchev–Trinajstić information content (AvgIpc) is 3.00. The Hall–Kier alpha value is -2.08. The van der Waals surface area contributed by atoms with Crippen molar-refractivity contribution >= 4 is 27.5 Å². The first-order chi connectivity index (χ1) is 10.1. The van der Waals surface area contributed by atoms with Gasteiger partial charge in [-0.1, -0.05) is 12.1 Å². The molecule has 1 amide bonds. The summed E-state index contributed by atoms with van der Waals surface area (Å²) in [7, 11) is 1.80. The molecule has 0 fully saturated rings. The third-order valence-electron chi connectivity index (χ3n) is 3.57. The molecule has 1 aliphatic carbocycles. The lowest BCUT2D eigenvalue weighted by Crippen LogP contribution is -2.21. The molecule has 6 heteroatoms. The van der Waals surface area contributed by atoms with Gasteiger partial charge in [0.05, 0.1) is 5.71 Å². The molecule has 0 unspecified atom stereocenters. The molecule has 2 aromatic rings. The highest BCUT2D eigenvalue weighted by Gasteiger charge is 2.21. The fraction of sp³-hybridized carbons (Fsp3) is 0.200. The topological polar surface area (TPSA) is 66.6 Å². The summed E-state index contributed by atoms with van der Waals surface area (Å²) in [6.07, 6.45) is 3.27. The van der Waals surface area contributed by atoms with Crippen LogP contribution in [-0.4, -0.2) is 21.3 Å². The van der Waals surface area contributed by atoms with Crippen LogP contribution >= 0.6 is 15.9 Å². The van der Waals surface area contributed by atoms with E-state index in [2.05, 4.69) is 26.5 Å². The predicted molar refractivity (Wildman–Crippen MR) is 83.5 cm³/mol. The zero-order valence-corrected chi connectivity index (χ0v) is 13.0. The zero-order valence-electron chi connectivity index (χ0n) is 11.4. The number of hydrogen-bond donors (Lipinski definition) is 2. The number of amides is 1. The van der Waals surface area contributed by atoms with Crippen LogP contribution < -0.4 is 5.43 Å². The van der Waals surface area contributed by atoms with Crippen molar-refractivity contribution in [3.05, 3.63) is 51.8 Å².